The molecule has 6 heteroatoms. The van der Waals surface area contributed by atoms with E-state index in [9.17, 15) is 14.7 Å². The minimum atomic E-state index is -0.855. The van der Waals surface area contributed by atoms with Crippen LogP contribution < -0.4 is 5.32 Å². The number of nitrogens with one attached hydrogen (secondary N) is 1. The Labute approximate surface area is 112 Å². The van der Waals surface area contributed by atoms with Gasteiger partial charge in [0.1, 0.15) is 5.54 Å². The van der Waals surface area contributed by atoms with Gasteiger partial charge in [-0.15, -0.1) is 11.8 Å². The molecule has 2 N–H and O–H groups in total. The highest BCUT2D eigenvalue weighted by Crippen LogP contribution is 2.41. The second kappa shape index (κ2) is 6.43. The van der Waals surface area contributed by atoms with Crippen molar-refractivity contribution in [3.8, 4) is 0 Å². The Balaban J connectivity index is 2.56. The van der Waals surface area contributed by atoms with Crippen LogP contribution in [0.25, 0.3) is 0 Å². The number of carbonyl (C=O) groups excluding carboxylic acids is 1. The van der Waals surface area contributed by atoms with Gasteiger partial charge in [0.15, 0.2) is 0 Å². The third-order valence-corrected chi connectivity index (χ3v) is 4.31. The van der Waals surface area contributed by atoms with Crippen LogP contribution in [-0.2, 0) is 9.59 Å². The second-order valence-electron chi connectivity index (χ2n) is 4.86. The summed E-state index contributed by atoms with van der Waals surface area (Å²) in [5.74, 6) is 0.209. The maximum absolute atomic E-state index is 11.5. The number of carbonyl (C=O) groups is 2. The summed E-state index contributed by atoms with van der Waals surface area (Å²) in [5, 5.41) is 12.6. The van der Waals surface area contributed by atoms with Gasteiger partial charge in [-0.25, -0.2) is 0 Å². The van der Waals surface area contributed by atoms with Crippen LogP contribution in [0.3, 0.4) is 0 Å². The minimum absolute atomic E-state index is 0.0200. The van der Waals surface area contributed by atoms with Crippen molar-refractivity contribution < 1.29 is 14.7 Å². The van der Waals surface area contributed by atoms with Crippen molar-refractivity contribution in [2.75, 3.05) is 32.1 Å². The Morgan fingerprint density at radius 2 is 2.06 bits per heavy atom. The van der Waals surface area contributed by atoms with Crippen molar-refractivity contribution in [1.82, 2.24) is 10.2 Å². The zero-order valence-corrected chi connectivity index (χ0v) is 12.0. The first-order valence-electron chi connectivity index (χ1n) is 6.20. The largest absolute Gasteiger partial charge is 0.480 e. The molecule has 1 fully saturated rings. The standard InChI is InChI=1S/C12H22N2O3S/c1-4-13-12(11(16)17,9-5-6-9)8-18-7-10(15)14(2)3/h9,13H,4-8H2,1-3H3,(H,16,17). The lowest BCUT2D eigenvalue weighted by atomic mass is 9.96. The zero-order chi connectivity index (χ0) is 13.8. The van der Waals surface area contributed by atoms with Crippen LogP contribution in [0.15, 0.2) is 0 Å². The SMILES string of the molecule is CCNC(CSCC(=O)N(C)C)(C(=O)O)C1CC1. The first-order valence-corrected chi connectivity index (χ1v) is 7.35. The van der Waals surface area contributed by atoms with Gasteiger partial charge in [-0.1, -0.05) is 6.92 Å². The van der Waals surface area contributed by atoms with E-state index in [2.05, 4.69) is 5.32 Å². The van der Waals surface area contributed by atoms with E-state index in [1.807, 2.05) is 6.92 Å². The molecule has 1 aliphatic carbocycles. The molecule has 0 aromatic carbocycles. The zero-order valence-electron chi connectivity index (χ0n) is 11.2. The average Bonchev–Trinajstić information content (AvgIpc) is 3.11. The van der Waals surface area contributed by atoms with Gasteiger partial charge in [0.05, 0.1) is 5.75 Å². The molecular weight excluding hydrogens is 252 g/mol. The summed E-state index contributed by atoms with van der Waals surface area (Å²) in [7, 11) is 3.41. The quantitative estimate of drug-likeness (QED) is 0.680. The summed E-state index contributed by atoms with van der Waals surface area (Å²) in [4.78, 5) is 24.5. The van der Waals surface area contributed by atoms with Gasteiger partial charge >= 0.3 is 5.97 Å². The number of hydrogen-bond acceptors (Lipinski definition) is 4. The summed E-state index contributed by atoms with van der Waals surface area (Å²) in [6, 6.07) is 0. The Kier molecular flexibility index (Phi) is 5.47. The van der Waals surface area contributed by atoms with Gasteiger partial charge in [-0.2, -0.15) is 0 Å². The molecule has 104 valence electrons. The molecule has 0 radical (unpaired) electrons. The fraction of sp³-hybridized carbons (Fsp3) is 0.833. The third kappa shape index (κ3) is 3.62. The summed E-state index contributed by atoms with van der Waals surface area (Å²) in [5.41, 5.74) is -0.855. The van der Waals surface area contributed by atoms with Crippen LogP contribution in [0.5, 0.6) is 0 Å². The smallest absolute Gasteiger partial charge is 0.325 e. The monoisotopic (exact) mass is 274 g/mol. The van der Waals surface area contributed by atoms with Gasteiger partial charge in [0.2, 0.25) is 5.91 Å². The summed E-state index contributed by atoms with van der Waals surface area (Å²) < 4.78 is 0. The predicted molar refractivity (Wildman–Crippen MR) is 72.8 cm³/mol. The lowest BCUT2D eigenvalue weighted by Crippen LogP contribution is -2.56. The molecule has 0 saturated heterocycles. The highest BCUT2D eigenvalue weighted by Gasteiger charge is 2.50. The molecule has 0 aromatic heterocycles. The van der Waals surface area contributed by atoms with E-state index in [-0.39, 0.29) is 11.8 Å². The molecule has 1 rings (SSSR count). The molecule has 0 bridgehead atoms. The van der Waals surface area contributed by atoms with Gasteiger partial charge in [-0.3, -0.25) is 9.59 Å². The Morgan fingerprint density at radius 3 is 2.44 bits per heavy atom. The Hall–Kier alpha value is -0.750. The van der Waals surface area contributed by atoms with Crippen molar-refractivity contribution in [3.63, 3.8) is 0 Å². The predicted octanol–water partition coefficient (Wildman–Crippen LogP) is 0.651. The molecule has 1 atom stereocenters. The van der Waals surface area contributed by atoms with Crippen LogP contribution >= 0.6 is 11.8 Å². The summed E-state index contributed by atoms with van der Waals surface area (Å²) >= 11 is 1.40. The normalized spacial score (nSPS) is 18.2. The molecule has 1 amide bonds. The molecular formula is C12H22N2O3S. The Bertz CT molecular complexity index is 318. The number of rotatable bonds is 8. The number of likely N-dealkylation sites (N-methyl/N-ethyl adjacent to an activating group) is 1. The topological polar surface area (TPSA) is 69.6 Å². The van der Waals surface area contributed by atoms with Crippen molar-refractivity contribution >= 4 is 23.6 Å². The molecule has 18 heavy (non-hydrogen) atoms. The second-order valence-corrected chi connectivity index (χ2v) is 5.85. The van der Waals surface area contributed by atoms with Crippen molar-refractivity contribution in [2.24, 2.45) is 5.92 Å². The number of aliphatic carboxylic acids is 1. The number of carboxylic acids is 1. The first-order chi connectivity index (χ1) is 8.44. The molecule has 0 aliphatic heterocycles. The van der Waals surface area contributed by atoms with Crippen molar-refractivity contribution in [2.45, 2.75) is 25.3 Å². The molecule has 5 nitrogen and oxygen atoms in total. The lowest BCUT2D eigenvalue weighted by molar-refractivity contribution is -0.144. The molecule has 1 unspecified atom stereocenters. The van der Waals surface area contributed by atoms with E-state index in [4.69, 9.17) is 0 Å². The van der Waals surface area contributed by atoms with E-state index in [1.54, 1.807) is 14.1 Å². The van der Waals surface area contributed by atoms with Crippen LogP contribution in [0, 0.1) is 5.92 Å². The molecule has 1 aliphatic rings. The number of nitrogens with zero attached hydrogens (tertiary/aromatic N) is 1. The van der Waals surface area contributed by atoms with Gasteiger partial charge < -0.3 is 15.3 Å². The summed E-state index contributed by atoms with van der Waals surface area (Å²) in [6.45, 7) is 2.54. The fourth-order valence-corrected chi connectivity index (χ4v) is 3.26. The molecule has 1 saturated carbocycles. The van der Waals surface area contributed by atoms with Crippen molar-refractivity contribution in [3.05, 3.63) is 0 Å². The number of thioether (sulfide) groups is 1. The molecule has 0 aromatic rings. The van der Waals surface area contributed by atoms with E-state index in [0.29, 0.717) is 18.1 Å². The van der Waals surface area contributed by atoms with Gasteiger partial charge in [0, 0.05) is 19.8 Å². The van der Waals surface area contributed by atoms with E-state index >= 15 is 0 Å². The highest BCUT2D eigenvalue weighted by molar-refractivity contribution is 8.00. The average molecular weight is 274 g/mol. The molecule has 0 heterocycles. The van der Waals surface area contributed by atoms with E-state index in [1.165, 1.54) is 16.7 Å². The van der Waals surface area contributed by atoms with Crippen LogP contribution in [0.1, 0.15) is 19.8 Å². The minimum Gasteiger partial charge on any atom is -0.480 e. The maximum atomic E-state index is 11.5. The number of carboxylic acid groups (broad SMARTS) is 1. The fourth-order valence-electron chi connectivity index (χ4n) is 1.95. The highest BCUT2D eigenvalue weighted by atomic mass is 32.2. The third-order valence-electron chi connectivity index (χ3n) is 3.20. The number of amides is 1. The van der Waals surface area contributed by atoms with Gasteiger partial charge in [0.25, 0.3) is 0 Å². The lowest BCUT2D eigenvalue weighted by Gasteiger charge is -2.30. The molecule has 0 spiro atoms. The van der Waals surface area contributed by atoms with Crippen LogP contribution in [0.2, 0.25) is 0 Å². The van der Waals surface area contributed by atoms with Crippen molar-refractivity contribution in [1.29, 1.82) is 0 Å². The summed E-state index contributed by atoms with van der Waals surface area (Å²) in [6.07, 6.45) is 1.92. The first kappa shape index (κ1) is 15.3. The maximum Gasteiger partial charge on any atom is 0.325 e. The number of hydrogen-bond donors (Lipinski definition) is 2. The Morgan fingerprint density at radius 1 is 1.44 bits per heavy atom. The van der Waals surface area contributed by atoms with Crippen LogP contribution in [0.4, 0.5) is 0 Å². The van der Waals surface area contributed by atoms with E-state index < -0.39 is 11.5 Å². The van der Waals surface area contributed by atoms with E-state index in [0.717, 1.165) is 12.8 Å². The van der Waals surface area contributed by atoms with Gasteiger partial charge in [-0.05, 0) is 25.3 Å². The van der Waals surface area contributed by atoms with Crippen LogP contribution in [-0.4, -0.2) is 59.6 Å².